The first-order valence-electron chi connectivity index (χ1n) is 6.50. The Morgan fingerprint density at radius 2 is 2.15 bits per heavy atom. The van der Waals surface area contributed by atoms with E-state index in [4.69, 9.17) is 5.26 Å². The molecule has 0 bridgehead atoms. The van der Waals surface area contributed by atoms with Crippen LogP contribution in [0.3, 0.4) is 0 Å². The predicted octanol–water partition coefficient (Wildman–Crippen LogP) is 3.48. The SMILES string of the molecule is CC1(C#N)CCN(Cc2ccc([N+](=O)[O-])cc2Br)CC1. The molecule has 1 aliphatic heterocycles. The minimum atomic E-state index is -0.395. The Kier molecular flexibility index (Phi) is 4.41. The van der Waals surface area contributed by atoms with Crippen LogP contribution in [-0.4, -0.2) is 22.9 Å². The summed E-state index contributed by atoms with van der Waals surface area (Å²) in [5, 5.41) is 19.8. The summed E-state index contributed by atoms with van der Waals surface area (Å²) in [7, 11) is 0. The fourth-order valence-corrected chi connectivity index (χ4v) is 2.83. The highest BCUT2D eigenvalue weighted by molar-refractivity contribution is 9.10. The van der Waals surface area contributed by atoms with Crippen LogP contribution in [0.4, 0.5) is 5.69 Å². The van der Waals surface area contributed by atoms with Crippen LogP contribution in [0.1, 0.15) is 25.3 Å². The molecule has 0 atom stereocenters. The average molecular weight is 338 g/mol. The van der Waals surface area contributed by atoms with Gasteiger partial charge in [0.05, 0.1) is 16.4 Å². The molecule has 1 fully saturated rings. The van der Waals surface area contributed by atoms with Crippen molar-refractivity contribution >= 4 is 21.6 Å². The van der Waals surface area contributed by atoms with E-state index in [1.165, 1.54) is 6.07 Å². The Hall–Kier alpha value is -1.45. The zero-order chi connectivity index (χ0) is 14.8. The Morgan fingerprint density at radius 3 is 2.65 bits per heavy atom. The standard InChI is InChI=1S/C14H16BrN3O2/c1-14(10-16)4-6-17(7-5-14)9-11-2-3-12(18(19)20)8-13(11)15/h2-3,8H,4-7,9H2,1H3. The molecule has 0 aliphatic carbocycles. The Balaban J connectivity index is 2.02. The number of likely N-dealkylation sites (tertiary alicyclic amines) is 1. The molecule has 1 aromatic carbocycles. The topological polar surface area (TPSA) is 70.2 Å². The van der Waals surface area contributed by atoms with E-state index in [0.717, 1.165) is 42.5 Å². The van der Waals surface area contributed by atoms with Gasteiger partial charge in [0, 0.05) is 23.2 Å². The lowest BCUT2D eigenvalue weighted by Crippen LogP contribution is -2.37. The molecule has 6 heteroatoms. The highest BCUT2D eigenvalue weighted by atomic mass is 79.9. The summed E-state index contributed by atoms with van der Waals surface area (Å²) >= 11 is 3.39. The molecule has 20 heavy (non-hydrogen) atoms. The van der Waals surface area contributed by atoms with Gasteiger partial charge in [-0.05, 0) is 44.5 Å². The Labute approximate surface area is 126 Å². The second-order valence-corrected chi connectivity index (χ2v) is 6.34. The minimum absolute atomic E-state index is 0.0938. The van der Waals surface area contributed by atoms with Crippen molar-refractivity contribution in [1.29, 1.82) is 5.26 Å². The number of non-ortho nitro benzene ring substituents is 1. The lowest BCUT2D eigenvalue weighted by Gasteiger charge is -2.35. The summed E-state index contributed by atoms with van der Waals surface area (Å²) in [6.07, 6.45) is 1.74. The summed E-state index contributed by atoms with van der Waals surface area (Å²) in [6.45, 7) is 4.52. The fraction of sp³-hybridized carbons (Fsp3) is 0.500. The molecular weight excluding hydrogens is 322 g/mol. The van der Waals surface area contributed by atoms with Gasteiger partial charge in [0.15, 0.2) is 0 Å². The zero-order valence-electron chi connectivity index (χ0n) is 11.3. The van der Waals surface area contributed by atoms with Gasteiger partial charge in [-0.3, -0.25) is 15.0 Å². The smallest absolute Gasteiger partial charge is 0.270 e. The maximum absolute atomic E-state index is 10.7. The van der Waals surface area contributed by atoms with Gasteiger partial charge in [-0.2, -0.15) is 5.26 Å². The van der Waals surface area contributed by atoms with Crippen LogP contribution in [0.5, 0.6) is 0 Å². The molecule has 0 spiro atoms. The fourth-order valence-electron chi connectivity index (χ4n) is 2.34. The third-order valence-electron chi connectivity index (χ3n) is 3.87. The molecule has 0 unspecified atom stereocenters. The predicted molar refractivity (Wildman–Crippen MR) is 79.0 cm³/mol. The third kappa shape index (κ3) is 3.35. The molecule has 5 nitrogen and oxygen atoms in total. The first-order valence-corrected chi connectivity index (χ1v) is 7.29. The number of nitrogens with zero attached hydrogens (tertiary/aromatic N) is 3. The summed E-state index contributed by atoms with van der Waals surface area (Å²) in [5.41, 5.74) is 0.927. The second-order valence-electron chi connectivity index (χ2n) is 5.48. The number of nitro benzene ring substituents is 1. The van der Waals surface area contributed by atoms with Crippen molar-refractivity contribution in [3.8, 4) is 6.07 Å². The van der Waals surface area contributed by atoms with Gasteiger partial charge in [0.25, 0.3) is 5.69 Å². The number of benzene rings is 1. The summed E-state index contributed by atoms with van der Waals surface area (Å²) in [5.74, 6) is 0. The molecule has 0 N–H and O–H groups in total. The minimum Gasteiger partial charge on any atom is -0.299 e. The van der Waals surface area contributed by atoms with Crippen molar-refractivity contribution in [2.75, 3.05) is 13.1 Å². The molecule has 0 amide bonds. The van der Waals surface area contributed by atoms with E-state index in [2.05, 4.69) is 26.9 Å². The van der Waals surface area contributed by atoms with Crippen LogP contribution >= 0.6 is 15.9 Å². The molecule has 0 saturated carbocycles. The number of hydrogen-bond acceptors (Lipinski definition) is 4. The highest BCUT2D eigenvalue weighted by Crippen LogP contribution is 2.31. The van der Waals surface area contributed by atoms with E-state index < -0.39 is 4.92 Å². The van der Waals surface area contributed by atoms with E-state index in [1.807, 2.05) is 6.92 Å². The van der Waals surface area contributed by atoms with E-state index >= 15 is 0 Å². The number of rotatable bonds is 3. The lowest BCUT2D eigenvalue weighted by molar-refractivity contribution is -0.384. The summed E-state index contributed by atoms with van der Waals surface area (Å²) < 4.78 is 0.764. The van der Waals surface area contributed by atoms with Gasteiger partial charge >= 0.3 is 0 Å². The number of hydrogen-bond donors (Lipinski definition) is 0. The largest absolute Gasteiger partial charge is 0.299 e. The lowest BCUT2D eigenvalue weighted by atomic mass is 9.82. The van der Waals surface area contributed by atoms with Crippen LogP contribution in [0.2, 0.25) is 0 Å². The molecule has 2 rings (SSSR count). The van der Waals surface area contributed by atoms with Gasteiger partial charge in [-0.15, -0.1) is 0 Å². The number of piperidine rings is 1. The van der Waals surface area contributed by atoms with E-state index in [9.17, 15) is 10.1 Å². The zero-order valence-corrected chi connectivity index (χ0v) is 12.9. The average Bonchev–Trinajstić information content (AvgIpc) is 2.43. The molecule has 1 aromatic rings. The van der Waals surface area contributed by atoms with Crippen LogP contribution in [0, 0.1) is 26.9 Å². The van der Waals surface area contributed by atoms with Crippen LogP contribution in [-0.2, 0) is 6.54 Å². The van der Waals surface area contributed by atoms with Gasteiger partial charge in [0.1, 0.15) is 0 Å². The van der Waals surface area contributed by atoms with Crippen LogP contribution < -0.4 is 0 Å². The number of nitro groups is 1. The maximum Gasteiger partial charge on any atom is 0.270 e. The van der Waals surface area contributed by atoms with Crippen molar-refractivity contribution in [1.82, 2.24) is 4.90 Å². The normalized spacial score (nSPS) is 18.4. The van der Waals surface area contributed by atoms with Crippen molar-refractivity contribution in [2.24, 2.45) is 5.41 Å². The molecule has 0 aromatic heterocycles. The molecule has 1 heterocycles. The quantitative estimate of drug-likeness (QED) is 0.625. The monoisotopic (exact) mass is 337 g/mol. The summed E-state index contributed by atoms with van der Waals surface area (Å²) in [4.78, 5) is 12.6. The van der Waals surface area contributed by atoms with Crippen LogP contribution in [0.25, 0.3) is 0 Å². The van der Waals surface area contributed by atoms with Gasteiger partial charge in [0.2, 0.25) is 0 Å². The first-order chi connectivity index (χ1) is 9.43. The number of nitriles is 1. The van der Waals surface area contributed by atoms with Gasteiger partial charge in [-0.1, -0.05) is 15.9 Å². The second kappa shape index (κ2) is 5.90. The van der Waals surface area contributed by atoms with Crippen molar-refractivity contribution < 1.29 is 4.92 Å². The van der Waals surface area contributed by atoms with Gasteiger partial charge in [-0.25, -0.2) is 0 Å². The van der Waals surface area contributed by atoms with E-state index in [1.54, 1.807) is 12.1 Å². The molecular formula is C14H16BrN3O2. The molecule has 106 valence electrons. The molecule has 1 saturated heterocycles. The van der Waals surface area contributed by atoms with Crippen LogP contribution in [0.15, 0.2) is 22.7 Å². The Bertz CT molecular complexity index is 560. The third-order valence-corrected chi connectivity index (χ3v) is 4.61. The Morgan fingerprint density at radius 1 is 1.50 bits per heavy atom. The molecule has 0 radical (unpaired) electrons. The molecule has 1 aliphatic rings. The van der Waals surface area contributed by atoms with Crippen molar-refractivity contribution in [2.45, 2.75) is 26.3 Å². The number of halogens is 1. The van der Waals surface area contributed by atoms with E-state index in [0.29, 0.717) is 0 Å². The van der Waals surface area contributed by atoms with E-state index in [-0.39, 0.29) is 11.1 Å². The highest BCUT2D eigenvalue weighted by Gasteiger charge is 2.29. The van der Waals surface area contributed by atoms with Crippen molar-refractivity contribution in [3.63, 3.8) is 0 Å². The van der Waals surface area contributed by atoms with Gasteiger partial charge < -0.3 is 0 Å². The first kappa shape index (κ1) is 14.9. The van der Waals surface area contributed by atoms with Crippen molar-refractivity contribution in [3.05, 3.63) is 38.3 Å². The summed E-state index contributed by atoms with van der Waals surface area (Å²) in [6, 6.07) is 7.25. The maximum atomic E-state index is 10.7.